The van der Waals surface area contributed by atoms with Crippen molar-refractivity contribution in [3.05, 3.63) is 65.7 Å². The summed E-state index contributed by atoms with van der Waals surface area (Å²) in [6.45, 7) is 3.15. The van der Waals surface area contributed by atoms with Crippen molar-refractivity contribution >= 4 is 11.8 Å². The lowest BCUT2D eigenvalue weighted by Gasteiger charge is -2.19. The second kappa shape index (κ2) is 10.7. The van der Waals surface area contributed by atoms with Crippen molar-refractivity contribution in [1.82, 2.24) is 24.6 Å². The molecule has 2 aromatic heterocycles. The zero-order valence-corrected chi connectivity index (χ0v) is 18.9. The van der Waals surface area contributed by atoms with Gasteiger partial charge in [-0.05, 0) is 49.7 Å². The van der Waals surface area contributed by atoms with Gasteiger partial charge in [0.25, 0.3) is 0 Å². The van der Waals surface area contributed by atoms with Gasteiger partial charge in [0.2, 0.25) is 0 Å². The molecule has 1 unspecified atom stereocenters. The highest BCUT2D eigenvalue weighted by molar-refractivity contribution is 7.98. The first-order chi connectivity index (χ1) is 15.2. The molecule has 31 heavy (non-hydrogen) atoms. The van der Waals surface area contributed by atoms with E-state index >= 15 is 0 Å². The molecule has 0 N–H and O–H groups in total. The Morgan fingerprint density at radius 2 is 2.13 bits per heavy atom. The molecule has 0 saturated carbocycles. The van der Waals surface area contributed by atoms with Crippen LogP contribution in [0.3, 0.4) is 0 Å². The Balaban J connectivity index is 1.46. The number of benzene rings is 1. The van der Waals surface area contributed by atoms with E-state index < -0.39 is 0 Å². The molecular weight excluding hydrogens is 410 g/mol. The van der Waals surface area contributed by atoms with E-state index in [-0.39, 0.29) is 6.10 Å². The third-order valence-corrected chi connectivity index (χ3v) is 6.28. The molecule has 0 amide bonds. The van der Waals surface area contributed by atoms with Gasteiger partial charge in [-0.1, -0.05) is 30.0 Å². The number of ether oxygens (including phenoxy) is 2. The fourth-order valence-corrected chi connectivity index (χ4v) is 4.60. The Hall–Kier alpha value is -2.42. The van der Waals surface area contributed by atoms with E-state index in [2.05, 4.69) is 43.8 Å². The van der Waals surface area contributed by atoms with Gasteiger partial charge in [-0.25, -0.2) is 0 Å². The molecule has 0 aliphatic carbocycles. The predicted octanol–water partition coefficient (Wildman–Crippen LogP) is 3.79. The Kier molecular flexibility index (Phi) is 7.56. The average molecular weight is 440 g/mol. The summed E-state index contributed by atoms with van der Waals surface area (Å²) < 4.78 is 13.5. The molecule has 7 nitrogen and oxygen atoms in total. The van der Waals surface area contributed by atoms with Crippen LogP contribution in [0.15, 0.2) is 53.8 Å². The van der Waals surface area contributed by atoms with Gasteiger partial charge in [0.15, 0.2) is 5.16 Å². The Morgan fingerprint density at radius 1 is 1.19 bits per heavy atom. The summed E-state index contributed by atoms with van der Waals surface area (Å²) >= 11 is 1.68. The van der Waals surface area contributed by atoms with Crippen LogP contribution >= 0.6 is 11.8 Å². The number of methoxy groups -OCH3 is 1. The van der Waals surface area contributed by atoms with E-state index in [1.165, 1.54) is 5.56 Å². The first-order valence-electron chi connectivity index (χ1n) is 10.6. The predicted molar refractivity (Wildman–Crippen MR) is 121 cm³/mol. The number of pyridine rings is 1. The minimum atomic E-state index is 0.229. The monoisotopic (exact) mass is 439 g/mol. The first-order valence-corrected chi connectivity index (χ1v) is 11.6. The lowest BCUT2D eigenvalue weighted by atomic mass is 10.2. The maximum Gasteiger partial charge on any atom is 0.191 e. The standard InChI is InChI=1S/C23H29N5O2S/c1-27(14-18-7-5-9-20(13-18)29-2)16-22-25-26-23(28(22)15-21-10-6-12-30-21)31-17-19-8-3-4-11-24-19/h3-5,7-9,11,13,21H,6,10,12,14-17H2,1-2H3. The number of aromatic nitrogens is 4. The van der Waals surface area contributed by atoms with Gasteiger partial charge in [0, 0.05) is 25.1 Å². The summed E-state index contributed by atoms with van der Waals surface area (Å²) in [6, 6.07) is 14.2. The highest BCUT2D eigenvalue weighted by atomic mass is 32.2. The second-order valence-electron chi connectivity index (χ2n) is 7.78. The molecule has 164 valence electrons. The van der Waals surface area contributed by atoms with Gasteiger partial charge < -0.3 is 14.0 Å². The summed E-state index contributed by atoms with van der Waals surface area (Å²) in [5.41, 5.74) is 2.24. The minimum absolute atomic E-state index is 0.229. The molecule has 1 fully saturated rings. The highest BCUT2D eigenvalue weighted by Crippen LogP contribution is 2.24. The molecule has 3 heterocycles. The topological polar surface area (TPSA) is 65.3 Å². The second-order valence-corrected chi connectivity index (χ2v) is 8.72. The quantitative estimate of drug-likeness (QED) is 0.445. The number of hydrogen-bond acceptors (Lipinski definition) is 7. The fraction of sp³-hybridized carbons (Fsp3) is 0.435. The van der Waals surface area contributed by atoms with Gasteiger partial charge in [0.05, 0.1) is 32.0 Å². The lowest BCUT2D eigenvalue weighted by Crippen LogP contribution is -2.23. The Bertz CT molecular complexity index is 960. The van der Waals surface area contributed by atoms with Crippen LogP contribution in [0, 0.1) is 0 Å². The summed E-state index contributed by atoms with van der Waals surface area (Å²) in [6.07, 6.45) is 4.26. The third-order valence-electron chi connectivity index (χ3n) is 5.28. The van der Waals surface area contributed by atoms with Crippen LogP contribution in [0.2, 0.25) is 0 Å². The summed E-state index contributed by atoms with van der Waals surface area (Å²) in [5, 5.41) is 9.96. The van der Waals surface area contributed by atoms with Gasteiger partial charge in [-0.2, -0.15) is 0 Å². The van der Waals surface area contributed by atoms with E-state index in [0.717, 1.165) is 60.7 Å². The molecular formula is C23H29N5O2S. The van der Waals surface area contributed by atoms with Crippen LogP contribution < -0.4 is 4.74 Å². The largest absolute Gasteiger partial charge is 0.497 e. The van der Waals surface area contributed by atoms with Crippen LogP contribution in [-0.4, -0.2) is 51.5 Å². The molecule has 3 aromatic rings. The molecule has 4 rings (SSSR count). The number of rotatable bonds is 10. The van der Waals surface area contributed by atoms with Crippen molar-refractivity contribution < 1.29 is 9.47 Å². The van der Waals surface area contributed by atoms with Gasteiger partial charge in [0.1, 0.15) is 11.6 Å². The number of thioether (sulfide) groups is 1. The Labute approximate surface area is 187 Å². The lowest BCUT2D eigenvalue weighted by molar-refractivity contribution is 0.0934. The molecule has 8 heteroatoms. The van der Waals surface area contributed by atoms with Crippen LogP contribution in [0.25, 0.3) is 0 Å². The maximum absolute atomic E-state index is 5.90. The van der Waals surface area contributed by atoms with Crippen LogP contribution in [-0.2, 0) is 30.1 Å². The Morgan fingerprint density at radius 3 is 2.90 bits per heavy atom. The molecule has 0 bridgehead atoms. The minimum Gasteiger partial charge on any atom is -0.497 e. The number of nitrogens with zero attached hydrogens (tertiary/aromatic N) is 5. The zero-order valence-electron chi connectivity index (χ0n) is 18.1. The third kappa shape index (κ3) is 6.06. The van der Waals surface area contributed by atoms with Gasteiger partial charge in [-0.15, -0.1) is 10.2 Å². The van der Waals surface area contributed by atoms with Crippen molar-refractivity contribution in [3.8, 4) is 5.75 Å². The summed E-state index contributed by atoms with van der Waals surface area (Å²) in [7, 11) is 3.80. The molecule has 1 aromatic carbocycles. The van der Waals surface area contributed by atoms with Crippen molar-refractivity contribution in [1.29, 1.82) is 0 Å². The van der Waals surface area contributed by atoms with E-state index in [9.17, 15) is 0 Å². The van der Waals surface area contributed by atoms with Gasteiger partial charge >= 0.3 is 0 Å². The van der Waals surface area contributed by atoms with E-state index in [1.807, 2.05) is 36.5 Å². The number of hydrogen-bond donors (Lipinski definition) is 0. The average Bonchev–Trinajstić information content (AvgIpc) is 3.44. The van der Waals surface area contributed by atoms with Crippen molar-refractivity contribution in [3.63, 3.8) is 0 Å². The molecule has 1 saturated heterocycles. The zero-order chi connectivity index (χ0) is 21.5. The van der Waals surface area contributed by atoms with Gasteiger partial charge in [-0.3, -0.25) is 9.88 Å². The normalized spacial score (nSPS) is 16.2. The molecule has 1 atom stereocenters. The summed E-state index contributed by atoms with van der Waals surface area (Å²) in [5.74, 6) is 2.61. The van der Waals surface area contributed by atoms with E-state index in [4.69, 9.17) is 9.47 Å². The van der Waals surface area contributed by atoms with Crippen LogP contribution in [0.5, 0.6) is 5.75 Å². The van der Waals surface area contributed by atoms with Crippen molar-refractivity contribution in [2.24, 2.45) is 0 Å². The SMILES string of the molecule is COc1cccc(CN(C)Cc2nnc(SCc3ccccn3)n2CC2CCCO2)c1. The van der Waals surface area contributed by atoms with E-state index in [1.54, 1.807) is 18.9 Å². The molecule has 0 spiro atoms. The molecule has 1 aliphatic heterocycles. The van der Waals surface area contributed by atoms with Crippen molar-refractivity contribution in [2.75, 3.05) is 20.8 Å². The smallest absolute Gasteiger partial charge is 0.191 e. The maximum atomic E-state index is 5.90. The summed E-state index contributed by atoms with van der Waals surface area (Å²) in [4.78, 5) is 6.67. The first kappa shape index (κ1) is 21.8. The van der Waals surface area contributed by atoms with Crippen molar-refractivity contribution in [2.45, 2.75) is 49.5 Å². The van der Waals surface area contributed by atoms with E-state index in [0.29, 0.717) is 6.54 Å². The van der Waals surface area contributed by atoms with Crippen LogP contribution in [0.4, 0.5) is 0 Å². The molecule has 1 aliphatic rings. The fourth-order valence-electron chi connectivity index (χ4n) is 3.72. The molecule has 0 radical (unpaired) electrons. The highest BCUT2D eigenvalue weighted by Gasteiger charge is 2.22. The van der Waals surface area contributed by atoms with Crippen LogP contribution in [0.1, 0.15) is 29.9 Å².